The van der Waals surface area contributed by atoms with Crippen LogP contribution in [0.3, 0.4) is 0 Å². The maximum atomic E-state index is 11.0. The quantitative estimate of drug-likeness (QED) is 0.642. The van der Waals surface area contributed by atoms with Crippen molar-refractivity contribution >= 4 is 17.8 Å². The van der Waals surface area contributed by atoms with Crippen LogP contribution in [0.5, 0.6) is 0 Å². The molecule has 150 valence electrons. The number of amides is 1. The van der Waals surface area contributed by atoms with Crippen molar-refractivity contribution in [1.82, 2.24) is 5.32 Å². The number of hydrogen-bond acceptors (Lipinski definition) is 3. The zero-order chi connectivity index (χ0) is 20.9. The summed E-state index contributed by atoms with van der Waals surface area (Å²) >= 11 is 0. The van der Waals surface area contributed by atoms with Crippen LogP contribution in [-0.4, -0.2) is 34.6 Å². The van der Waals surface area contributed by atoms with Crippen LogP contribution in [-0.2, 0) is 14.4 Å². The molecular weight excluding hydrogens is 358 g/mol. The average molecular weight is 385 g/mol. The van der Waals surface area contributed by atoms with E-state index in [1.54, 1.807) is 6.92 Å². The summed E-state index contributed by atoms with van der Waals surface area (Å²) in [6, 6.07) is 19.0. The highest BCUT2D eigenvalue weighted by Gasteiger charge is 2.11. The van der Waals surface area contributed by atoms with E-state index in [4.69, 9.17) is 10.2 Å². The number of benzene rings is 2. The summed E-state index contributed by atoms with van der Waals surface area (Å²) in [5.41, 5.74) is 3.87. The Kier molecular flexibility index (Phi) is 10.0. The molecule has 0 spiro atoms. The van der Waals surface area contributed by atoms with Gasteiger partial charge in [0.1, 0.15) is 0 Å². The van der Waals surface area contributed by atoms with Crippen LogP contribution in [0.25, 0.3) is 11.1 Å². The van der Waals surface area contributed by atoms with Gasteiger partial charge >= 0.3 is 11.9 Å². The Morgan fingerprint density at radius 1 is 0.893 bits per heavy atom. The van der Waals surface area contributed by atoms with Crippen molar-refractivity contribution in [2.24, 2.45) is 5.92 Å². The molecule has 6 heteroatoms. The van der Waals surface area contributed by atoms with Gasteiger partial charge in [0, 0.05) is 13.0 Å². The summed E-state index contributed by atoms with van der Waals surface area (Å²) in [5.74, 6) is -2.81. The van der Waals surface area contributed by atoms with Crippen LogP contribution >= 0.6 is 0 Å². The number of carboxylic acids is 2. The van der Waals surface area contributed by atoms with Gasteiger partial charge in [-0.25, -0.2) is 0 Å². The van der Waals surface area contributed by atoms with Crippen LogP contribution in [0.15, 0.2) is 54.6 Å². The highest BCUT2D eigenvalue weighted by atomic mass is 16.4. The molecule has 0 radical (unpaired) electrons. The van der Waals surface area contributed by atoms with Gasteiger partial charge in [-0.3, -0.25) is 14.4 Å². The molecular formula is C22H27NO5. The second kappa shape index (κ2) is 12.3. The topological polar surface area (TPSA) is 104 Å². The summed E-state index contributed by atoms with van der Waals surface area (Å²) in [7, 11) is 0. The molecule has 0 aliphatic carbocycles. The predicted octanol–water partition coefficient (Wildman–Crippen LogP) is 3.74. The van der Waals surface area contributed by atoms with Crippen molar-refractivity contribution in [2.45, 2.75) is 33.1 Å². The molecule has 0 aromatic heterocycles. The molecule has 2 aromatic rings. The number of carboxylic acid groups (broad SMARTS) is 2. The fourth-order valence-corrected chi connectivity index (χ4v) is 2.24. The van der Waals surface area contributed by atoms with Crippen LogP contribution in [0.2, 0.25) is 0 Å². The van der Waals surface area contributed by atoms with E-state index >= 15 is 0 Å². The number of carbonyl (C=O) groups is 3. The number of nitrogens with one attached hydrogen (secondary N) is 1. The standard InChI is InChI=1S/C13H12.C9H15NO5/c1-11-7-9-13(10-8-11)12-5-3-2-4-6-12;1-6(9(14)15)4-5-10-7(11)2-3-8(12)13/h2-10H,1H3;6H,2-5H2,1H3,(H,10,11)(H,12,13)(H,14,15)/t;6-/m.1/s1. The molecule has 0 heterocycles. The van der Waals surface area contributed by atoms with Crippen LogP contribution in [0, 0.1) is 12.8 Å². The predicted molar refractivity (Wildman–Crippen MR) is 108 cm³/mol. The van der Waals surface area contributed by atoms with Crippen molar-refractivity contribution in [3.63, 3.8) is 0 Å². The number of hydrogen-bond donors (Lipinski definition) is 3. The molecule has 0 aliphatic heterocycles. The van der Waals surface area contributed by atoms with Crippen LogP contribution < -0.4 is 5.32 Å². The monoisotopic (exact) mass is 385 g/mol. The first-order valence-corrected chi connectivity index (χ1v) is 9.13. The Morgan fingerprint density at radius 3 is 2.00 bits per heavy atom. The first kappa shape index (κ1) is 22.9. The molecule has 1 atom stereocenters. The second-order valence-electron chi connectivity index (χ2n) is 6.50. The van der Waals surface area contributed by atoms with Gasteiger partial charge in [-0.05, 0) is 24.5 Å². The van der Waals surface area contributed by atoms with Gasteiger partial charge in [-0.15, -0.1) is 0 Å². The van der Waals surface area contributed by atoms with E-state index in [2.05, 4.69) is 60.8 Å². The second-order valence-corrected chi connectivity index (χ2v) is 6.50. The van der Waals surface area contributed by atoms with E-state index in [1.807, 2.05) is 6.07 Å². The number of carbonyl (C=O) groups excluding carboxylic acids is 1. The van der Waals surface area contributed by atoms with Crippen molar-refractivity contribution in [3.05, 3.63) is 60.2 Å². The minimum Gasteiger partial charge on any atom is -0.481 e. The third kappa shape index (κ3) is 9.52. The van der Waals surface area contributed by atoms with Crippen molar-refractivity contribution in [3.8, 4) is 11.1 Å². The lowest BCUT2D eigenvalue weighted by Gasteiger charge is -2.06. The smallest absolute Gasteiger partial charge is 0.306 e. The maximum absolute atomic E-state index is 11.0. The minimum absolute atomic E-state index is 0.0726. The zero-order valence-electron chi connectivity index (χ0n) is 16.2. The summed E-state index contributed by atoms with van der Waals surface area (Å²) in [4.78, 5) is 31.5. The van der Waals surface area contributed by atoms with Gasteiger partial charge in [0.25, 0.3) is 0 Å². The van der Waals surface area contributed by atoms with E-state index in [1.165, 1.54) is 16.7 Å². The largest absolute Gasteiger partial charge is 0.481 e. The van der Waals surface area contributed by atoms with E-state index in [-0.39, 0.29) is 25.3 Å². The lowest BCUT2D eigenvalue weighted by Crippen LogP contribution is -2.27. The number of aryl methyl sites for hydroxylation is 1. The first-order valence-electron chi connectivity index (χ1n) is 9.13. The van der Waals surface area contributed by atoms with Crippen molar-refractivity contribution in [1.29, 1.82) is 0 Å². The molecule has 3 N–H and O–H groups in total. The number of aliphatic carboxylic acids is 2. The van der Waals surface area contributed by atoms with E-state index in [0.717, 1.165) is 0 Å². The molecule has 2 rings (SSSR count). The summed E-state index contributed by atoms with van der Waals surface area (Å²) < 4.78 is 0. The lowest BCUT2D eigenvalue weighted by atomic mass is 10.0. The molecule has 0 saturated carbocycles. The van der Waals surface area contributed by atoms with Crippen LogP contribution in [0.4, 0.5) is 0 Å². The Balaban J connectivity index is 0.000000281. The fourth-order valence-electron chi connectivity index (χ4n) is 2.24. The Morgan fingerprint density at radius 2 is 1.46 bits per heavy atom. The van der Waals surface area contributed by atoms with Gasteiger partial charge in [0.2, 0.25) is 5.91 Å². The van der Waals surface area contributed by atoms with E-state index < -0.39 is 17.9 Å². The molecule has 0 unspecified atom stereocenters. The molecule has 28 heavy (non-hydrogen) atoms. The molecule has 0 fully saturated rings. The molecule has 1 amide bonds. The maximum Gasteiger partial charge on any atom is 0.306 e. The Bertz CT molecular complexity index is 756. The normalized spacial score (nSPS) is 10.9. The van der Waals surface area contributed by atoms with Gasteiger partial charge in [0.05, 0.1) is 12.3 Å². The Labute approximate surface area is 165 Å². The average Bonchev–Trinajstić information content (AvgIpc) is 2.68. The lowest BCUT2D eigenvalue weighted by molar-refractivity contribution is -0.141. The van der Waals surface area contributed by atoms with Crippen molar-refractivity contribution in [2.75, 3.05) is 6.54 Å². The SMILES string of the molecule is C[C@H](CCNC(=O)CCC(=O)O)C(=O)O.Cc1ccc(-c2ccccc2)cc1. The van der Waals surface area contributed by atoms with E-state index in [0.29, 0.717) is 6.42 Å². The summed E-state index contributed by atoms with van der Waals surface area (Å²) in [6.45, 7) is 3.91. The Hall–Kier alpha value is -3.15. The first-order chi connectivity index (χ1) is 13.3. The fraction of sp³-hybridized carbons (Fsp3) is 0.318. The molecule has 0 aliphatic rings. The summed E-state index contributed by atoms with van der Waals surface area (Å²) in [6.07, 6.45) is 0.0608. The molecule has 0 saturated heterocycles. The number of rotatable bonds is 8. The van der Waals surface area contributed by atoms with Gasteiger partial charge in [0.15, 0.2) is 0 Å². The van der Waals surface area contributed by atoms with Gasteiger partial charge in [-0.1, -0.05) is 67.1 Å². The third-order valence-electron chi connectivity index (χ3n) is 4.05. The van der Waals surface area contributed by atoms with E-state index in [9.17, 15) is 14.4 Å². The molecule has 2 aromatic carbocycles. The molecule has 6 nitrogen and oxygen atoms in total. The molecule has 0 bridgehead atoms. The zero-order valence-corrected chi connectivity index (χ0v) is 16.2. The van der Waals surface area contributed by atoms with Crippen LogP contribution in [0.1, 0.15) is 31.7 Å². The van der Waals surface area contributed by atoms with Gasteiger partial charge in [-0.2, -0.15) is 0 Å². The summed E-state index contributed by atoms with van der Waals surface area (Å²) in [5, 5.41) is 19.3. The third-order valence-corrected chi connectivity index (χ3v) is 4.05. The van der Waals surface area contributed by atoms with Gasteiger partial charge < -0.3 is 15.5 Å². The highest BCUT2D eigenvalue weighted by molar-refractivity contribution is 5.80. The highest BCUT2D eigenvalue weighted by Crippen LogP contribution is 2.18. The minimum atomic E-state index is -1.02. The van der Waals surface area contributed by atoms with Crippen molar-refractivity contribution < 1.29 is 24.6 Å².